The van der Waals surface area contributed by atoms with Crippen molar-refractivity contribution >= 4 is 31.6 Å². The number of rotatable bonds is 7. The molecule has 3 N–H and O–H groups in total. The van der Waals surface area contributed by atoms with Crippen molar-refractivity contribution in [1.29, 1.82) is 0 Å². The van der Waals surface area contributed by atoms with Gasteiger partial charge >= 0.3 is 0 Å². The number of ether oxygens (including phenoxy) is 1. The van der Waals surface area contributed by atoms with Gasteiger partial charge in [-0.1, -0.05) is 0 Å². The van der Waals surface area contributed by atoms with Crippen LogP contribution in [-0.2, 0) is 14.8 Å². The lowest BCUT2D eigenvalue weighted by atomic mass is 10.3. The molecule has 6 nitrogen and oxygen atoms in total. The smallest absolute Gasteiger partial charge is 0.244 e. The molecule has 0 bridgehead atoms. The van der Waals surface area contributed by atoms with Gasteiger partial charge in [0.1, 0.15) is 0 Å². The van der Waals surface area contributed by atoms with Crippen LogP contribution in [0.5, 0.6) is 0 Å². The Balaban J connectivity index is 3.11. The molecule has 0 aliphatic heterocycles. The fourth-order valence-corrected chi connectivity index (χ4v) is 3.99. The summed E-state index contributed by atoms with van der Waals surface area (Å²) in [4.78, 5) is 0.117. The Bertz CT molecular complexity index is 521. The lowest BCUT2D eigenvalue weighted by molar-refractivity contribution is 0.168. The summed E-state index contributed by atoms with van der Waals surface area (Å²) < 4.78 is 31.3. The highest BCUT2D eigenvalue weighted by Crippen LogP contribution is 2.26. The lowest BCUT2D eigenvalue weighted by Gasteiger charge is -2.21. The Labute approximate surface area is 121 Å². The average Bonchev–Trinajstić information content (AvgIpc) is 2.33. The number of nitrogen functional groups attached to an aromatic ring is 1. The van der Waals surface area contributed by atoms with E-state index in [1.165, 1.54) is 29.6 Å². The number of halogens is 1. The Kier molecular flexibility index (Phi) is 6.21. The van der Waals surface area contributed by atoms with E-state index in [1.807, 2.05) is 0 Å². The van der Waals surface area contributed by atoms with E-state index in [9.17, 15) is 8.42 Å². The first kappa shape index (κ1) is 16.4. The molecule has 0 atom stereocenters. The van der Waals surface area contributed by atoms with Crippen molar-refractivity contribution in [3.8, 4) is 0 Å². The van der Waals surface area contributed by atoms with Gasteiger partial charge in [-0.25, -0.2) is 8.42 Å². The van der Waals surface area contributed by atoms with Crippen LogP contribution < -0.4 is 5.73 Å². The highest BCUT2D eigenvalue weighted by molar-refractivity contribution is 9.10. The number of anilines is 1. The van der Waals surface area contributed by atoms with E-state index < -0.39 is 10.0 Å². The van der Waals surface area contributed by atoms with Crippen molar-refractivity contribution in [2.75, 3.05) is 39.1 Å². The van der Waals surface area contributed by atoms with Gasteiger partial charge in [0.2, 0.25) is 10.0 Å². The van der Waals surface area contributed by atoms with Gasteiger partial charge in [-0.05, 0) is 34.1 Å². The molecule has 0 spiro atoms. The molecule has 8 heteroatoms. The molecule has 1 rings (SSSR count). The summed E-state index contributed by atoms with van der Waals surface area (Å²) in [5.74, 6) is 0. The van der Waals surface area contributed by atoms with E-state index in [-0.39, 0.29) is 31.2 Å². The normalized spacial score (nSPS) is 12.0. The van der Waals surface area contributed by atoms with Crippen molar-refractivity contribution in [2.24, 2.45) is 0 Å². The van der Waals surface area contributed by atoms with Crippen LogP contribution in [0.4, 0.5) is 5.69 Å². The summed E-state index contributed by atoms with van der Waals surface area (Å²) in [7, 11) is -2.20. The maximum absolute atomic E-state index is 12.4. The van der Waals surface area contributed by atoms with Crippen LogP contribution in [0.2, 0.25) is 0 Å². The first-order valence-corrected chi connectivity index (χ1v) is 7.81. The van der Waals surface area contributed by atoms with Crippen molar-refractivity contribution in [3.63, 3.8) is 0 Å². The van der Waals surface area contributed by atoms with Gasteiger partial charge in [0.25, 0.3) is 0 Å². The van der Waals surface area contributed by atoms with Crippen LogP contribution >= 0.6 is 15.9 Å². The third kappa shape index (κ3) is 4.15. The summed E-state index contributed by atoms with van der Waals surface area (Å²) >= 11 is 3.19. The molecule has 0 aromatic heterocycles. The summed E-state index contributed by atoms with van der Waals surface area (Å²) in [5.41, 5.74) is 6.06. The molecule has 0 aliphatic carbocycles. The Hall–Kier alpha value is -0.670. The molecule has 1 aromatic carbocycles. The number of aliphatic hydroxyl groups is 1. The van der Waals surface area contributed by atoms with Gasteiger partial charge in [-0.3, -0.25) is 0 Å². The van der Waals surface area contributed by atoms with E-state index in [1.54, 1.807) is 0 Å². The standard InChI is InChI=1S/C11H17BrN2O4S/c1-18-7-5-14(4-6-15)19(16,17)11-3-2-9(13)8-10(11)12/h2-3,8,15H,4-7,13H2,1H3. The molecule has 19 heavy (non-hydrogen) atoms. The fourth-order valence-electron chi connectivity index (χ4n) is 1.52. The van der Waals surface area contributed by atoms with Crippen molar-refractivity contribution < 1.29 is 18.3 Å². The molecule has 0 fully saturated rings. The molecule has 0 saturated heterocycles. The molecule has 0 radical (unpaired) electrons. The maximum atomic E-state index is 12.4. The fraction of sp³-hybridized carbons (Fsp3) is 0.455. The van der Waals surface area contributed by atoms with E-state index in [0.29, 0.717) is 10.2 Å². The number of methoxy groups -OCH3 is 1. The van der Waals surface area contributed by atoms with Crippen LogP contribution in [0.1, 0.15) is 0 Å². The second-order valence-electron chi connectivity index (χ2n) is 3.81. The summed E-state index contributed by atoms with van der Waals surface area (Å²) in [5, 5.41) is 8.98. The first-order valence-electron chi connectivity index (χ1n) is 5.58. The summed E-state index contributed by atoms with van der Waals surface area (Å²) in [6.45, 7) is 0.195. The minimum atomic E-state index is -3.69. The van der Waals surface area contributed by atoms with Gasteiger partial charge in [0.05, 0.1) is 18.1 Å². The van der Waals surface area contributed by atoms with Crippen LogP contribution in [0, 0.1) is 0 Å². The van der Waals surface area contributed by atoms with Crippen LogP contribution in [0.25, 0.3) is 0 Å². The van der Waals surface area contributed by atoms with Gasteiger partial charge in [-0.2, -0.15) is 4.31 Å². The second kappa shape index (κ2) is 7.20. The predicted octanol–water partition coefficient (Wildman–Crippen LogP) is 0.661. The van der Waals surface area contributed by atoms with Crippen LogP contribution in [0.15, 0.2) is 27.6 Å². The van der Waals surface area contributed by atoms with Gasteiger partial charge in [0, 0.05) is 30.4 Å². The largest absolute Gasteiger partial charge is 0.399 e. The van der Waals surface area contributed by atoms with E-state index in [0.717, 1.165) is 0 Å². The van der Waals surface area contributed by atoms with Gasteiger partial charge < -0.3 is 15.6 Å². The van der Waals surface area contributed by atoms with Crippen LogP contribution in [0.3, 0.4) is 0 Å². The Morgan fingerprint density at radius 2 is 2.11 bits per heavy atom. The highest BCUT2D eigenvalue weighted by atomic mass is 79.9. The lowest BCUT2D eigenvalue weighted by Crippen LogP contribution is -2.36. The number of hydrogen-bond donors (Lipinski definition) is 2. The highest BCUT2D eigenvalue weighted by Gasteiger charge is 2.25. The molecule has 108 valence electrons. The zero-order valence-corrected chi connectivity index (χ0v) is 12.9. The molecule has 0 saturated carbocycles. The zero-order chi connectivity index (χ0) is 14.5. The van der Waals surface area contributed by atoms with Crippen LogP contribution in [-0.4, -0.2) is 51.2 Å². The monoisotopic (exact) mass is 352 g/mol. The third-order valence-corrected chi connectivity index (χ3v) is 5.34. The molecule has 1 aromatic rings. The third-order valence-electron chi connectivity index (χ3n) is 2.47. The zero-order valence-electron chi connectivity index (χ0n) is 10.5. The molecular formula is C11H17BrN2O4S. The molecular weight excluding hydrogens is 336 g/mol. The second-order valence-corrected chi connectivity index (χ2v) is 6.57. The summed E-state index contributed by atoms with van der Waals surface area (Å²) in [6.07, 6.45) is 0. The number of nitrogens with zero attached hydrogens (tertiary/aromatic N) is 1. The van der Waals surface area contributed by atoms with E-state index in [4.69, 9.17) is 15.6 Å². The predicted molar refractivity (Wildman–Crippen MR) is 76.3 cm³/mol. The van der Waals surface area contributed by atoms with Gasteiger partial charge in [0.15, 0.2) is 0 Å². The van der Waals surface area contributed by atoms with E-state index >= 15 is 0 Å². The SMILES string of the molecule is COCCN(CCO)S(=O)(=O)c1ccc(N)cc1Br. The minimum absolute atomic E-state index is 0.0164. The quantitative estimate of drug-likeness (QED) is 0.703. The van der Waals surface area contributed by atoms with Crippen molar-refractivity contribution in [1.82, 2.24) is 4.31 Å². The summed E-state index contributed by atoms with van der Waals surface area (Å²) in [6, 6.07) is 4.48. The number of nitrogens with two attached hydrogens (primary N) is 1. The number of benzene rings is 1. The minimum Gasteiger partial charge on any atom is -0.399 e. The van der Waals surface area contributed by atoms with Crippen molar-refractivity contribution in [3.05, 3.63) is 22.7 Å². The van der Waals surface area contributed by atoms with Crippen molar-refractivity contribution in [2.45, 2.75) is 4.90 Å². The maximum Gasteiger partial charge on any atom is 0.244 e. The average molecular weight is 353 g/mol. The number of sulfonamides is 1. The van der Waals surface area contributed by atoms with E-state index in [2.05, 4.69) is 15.9 Å². The molecule has 0 amide bonds. The Morgan fingerprint density at radius 1 is 1.42 bits per heavy atom. The first-order chi connectivity index (χ1) is 8.93. The number of aliphatic hydroxyl groups excluding tert-OH is 1. The number of hydrogen-bond acceptors (Lipinski definition) is 5. The molecule has 0 aliphatic rings. The van der Waals surface area contributed by atoms with Gasteiger partial charge in [-0.15, -0.1) is 0 Å². The molecule has 0 unspecified atom stereocenters. The topological polar surface area (TPSA) is 92.9 Å². The molecule has 0 heterocycles. The Morgan fingerprint density at radius 3 is 2.63 bits per heavy atom.